The summed E-state index contributed by atoms with van der Waals surface area (Å²) in [6, 6.07) is 19.8. The zero-order valence-electron chi connectivity index (χ0n) is 17.0. The lowest BCUT2D eigenvalue weighted by Gasteiger charge is -2.14. The Balaban J connectivity index is 1.89. The number of rotatable bonds is 4. The van der Waals surface area contributed by atoms with Gasteiger partial charge in [0.15, 0.2) is 0 Å². The van der Waals surface area contributed by atoms with Crippen molar-refractivity contribution in [1.82, 2.24) is 9.55 Å². The molecule has 0 N–H and O–H groups in total. The predicted octanol–water partition coefficient (Wildman–Crippen LogP) is 5.44. The summed E-state index contributed by atoms with van der Waals surface area (Å²) in [5, 5.41) is 1.09. The highest BCUT2D eigenvalue weighted by molar-refractivity contribution is 6.31. The van der Waals surface area contributed by atoms with Crippen LogP contribution in [-0.4, -0.2) is 15.5 Å². The molecule has 0 saturated carbocycles. The molecule has 0 amide bonds. The first-order chi connectivity index (χ1) is 14.9. The number of para-hydroxylation sites is 1. The quantitative estimate of drug-likeness (QED) is 0.319. The molecule has 0 radical (unpaired) electrons. The van der Waals surface area contributed by atoms with Crippen molar-refractivity contribution in [3.63, 3.8) is 0 Å². The van der Waals surface area contributed by atoms with Gasteiger partial charge < -0.3 is 4.74 Å². The van der Waals surface area contributed by atoms with Crippen LogP contribution in [0.4, 0.5) is 0 Å². The Labute approximate surface area is 184 Å². The van der Waals surface area contributed by atoms with Gasteiger partial charge in [-0.05, 0) is 60.5 Å². The molecule has 3 aromatic carbocycles. The standard InChI is InChI=1S/C25H19ClN2O3/c1-16-21(26)10-6-12-23(16)28-24(27-22-11-4-3-9-20(22)25(28)30)14-13-18-7-5-8-19(15-18)31-17(2)29/h3-15H,1-2H3. The van der Waals surface area contributed by atoms with Gasteiger partial charge in [-0.25, -0.2) is 4.98 Å². The second-order valence-electron chi connectivity index (χ2n) is 7.01. The number of hydrogen-bond acceptors (Lipinski definition) is 4. The van der Waals surface area contributed by atoms with Gasteiger partial charge in [0, 0.05) is 11.9 Å². The zero-order valence-corrected chi connectivity index (χ0v) is 17.8. The van der Waals surface area contributed by atoms with Gasteiger partial charge in [0.05, 0.1) is 16.6 Å². The molecular formula is C25H19ClN2O3. The monoisotopic (exact) mass is 430 g/mol. The fraction of sp³-hybridized carbons (Fsp3) is 0.0800. The molecule has 1 aromatic heterocycles. The molecule has 31 heavy (non-hydrogen) atoms. The third-order valence-electron chi connectivity index (χ3n) is 4.83. The molecule has 0 spiro atoms. The zero-order chi connectivity index (χ0) is 22.0. The summed E-state index contributed by atoms with van der Waals surface area (Å²) < 4.78 is 6.71. The van der Waals surface area contributed by atoms with Crippen LogP contribution in [-0.2, 0) is 4.79 Å². The number of benzene rings is 3. The molecule has 0 fully saturated rings. The molecule has 6 heteroatoms. The Morgan fingerprint density at radius 1 is 1.03 bits per heavy atom. The minimum absolute atomic E-state index is 0.177. The molecule has 4 rings (SSSR count). The summed E-state index contributed by atoms with van der Waals surface area (Å²) in [4.78, 5) is 29.3. The molecule has 0 aliphatic rings. The van der Waals surface area contributed by atoms with E-state index in [1.165, 1.54) is 6.92 Å². The number of halogens is 1. The highest BCUT2D eigenvalue weighted by Gasteiger charge is 2.14. The fourth-order valence-electron chi connectivity index (χ4n) is 3.35. The van der Waals surface area contributed by atoms with E-state index in [4.69, 9.17) is 21.3 Å². The smallest absolute Gasteiger partial charge is 0.308 e. The highest BCUT2D eigenvalue weighted by Crippen LogP contribution is 2.24. The number of nitrogens with zero attached hydrogens (tertiary/aromatic N) is 2. The van der Waals surface area contributed by atoms with E-state index in [-0.39, 0.29) is 11.5 Å². The maximum atomic E-state index is 13.4. The highest BCUT2D eigenvalue weighted by atomic mass is 35.5. The number of hydrogen-bond donors (Lipinski definition) is 0. The van der Waals surface area contributed by atoms with Crippen molar-refractivity contribution in [1.29, 1.82) is 0 Å². The largest absolute Gasteiger partial charge is 0.427 e. The van der Waals surface area contributed by atoms with Gasteiger partial charge in [0.2, 0.25) is 0 Å². The van der Waals surface area contributed by atoms with Gasteiger partial charge in [-0.3, -0.25) is 14.2 Å². The summed E-state index contributed by atoms with van der Waals surface area (Å²) >= 11 is 6.32. The first-order valence-electron chi connectivity index (χ1n) is 9.68. The molecule has 0 unspecified atom stereocenters. The van der Waals surface area contributed by atoms with E-state index in [9.17, 15) is 9.59 Å². The SMILES string of the molecule is CC(=O)Oc1cccc(C=Cc2nc3ccccc3c(=O)n2-c2cccc(Cl)c2C)c1. The van der Waals surface area contributed by atoms with E-state index in [0.29, 0.717) is 33.2 Å². The molecule has 154 valence electrons. The number of fused-ring (bicyclic) bond motifs is 1. The first-order valence-corrected chi connectivity index (χ1v) is 10.1. The summed E-state index contributed by atoms with van der Waals surface area (Å²) in [5.41, 5.74) is 2.69. The van der Waals surface area contributed by atoms with Gasteiger partial charge in [-0.1, -0.05) is 48.0 Å². The van der Waals surface area contributed by atoms with E-state index in [1.54, 1.807) is 41.0 Å². The molecular weight excluding hydrogens is 412 g/mol. The lowest BCUT2D eigenvalue weighted by molar-refractivity contribution is -0.131. The van der Waals surface area contributed by atoms with E-state index < -0.39 is 0 Å². The lowest BCUT2D eigenvalue weighted by Crippen LogP contribution is -2.23. The van der Waals surface area contributed by atoms with Crippen LogP contribution in [0.1, 0.15) is 23.9 Å². The molecule has 0 saturated heterocycles. The average Bonchev–Trinajstić information content (AvgIpc) is 2.75. The van der Waals surface area contributed by atoms with Gasteiger partial charge >= 0.3 is 5.97 Å². The molecule has 4 aromatic rings. The average molecular weight is 431 g/mol. The van der Waals surface area contributed by atoms with Crippen molar-refractivity contribution in [2.24, 2.45) is 0 Å². The van der Waals surface area contributed by atoms with Gasteiger partial charge in [0.1, 0.15) is 11.6 Å². The maximum Gasteiger partial charge on any atom is 0.308 e. The predicted molar refractivity (Wildman–Crippen MR) is 124 cm³/mol. The van der Waals surface area contributed by atoms with Crippen LogP contribution >= 0.6 is 11.6 Å². The summed E-state index contributed by atoms with van der Waals surface area (Å²) in [6.07, 6.45) is 3.58. The molecule has 1 heterocycles. The van der Waals surface area contributed by atoms with Crippen LogP contribution in [0.15, 0.2) is 71.5 Å². The number of carbonyl (C=O) groups is 1. The number of ether oxygens (including phenoxy) is 1. The van der Waals surface area contributed by atoms with E-state index in [1.807, 2.05) is 49.4 Å². The number of esters is 1. The van der Waals surface area contributed by atoms with Crippen molar-refractivity contribution < 1.29 is 9.53 Å². The summed E-state index contributed by atoms with van der Waals surface area (Å²) in [7, 11) is 0. The summed E-state index contributed by atoms with van der Waals surface area (Å²) in [5.74, 6) is 0.527. The Bertz CT molecular complexity index is 1390. The van der Waals surface area contributed by atoms with Gasteiger partial charge in [0.25, 0.3) is 5.56 Å². The number of carbonyl (C=O) groups excluding carboxylic acids is 1. The normalized spacial score (nSPS) is 11.2. The van der Waals surface area contributed by atoms with Gasteiger partial charge in [-0.2, -0.15) is 0 Å². The third kappa shape index (κ3) is 4.27. The van der Waals surface area contributed by atoms with Crippen LogP contribution in [0.2, 0.25) is 5.02 Å². The second kappa shape index (κ2) is 8.58. The minimum Gasteiger partial charge on any atom is -0.427 e. The Morgan fingerprint density at radius 2 is 1.81 bits per heavy atom. The number of aromatic nitrogens is 2. The fourth-order valence-corrected chi connectivity index (χ4v) is 3.52. The van der Waals surface area contributed by atoms with Crippen molar-refractivity contribution >= 4 is 40.6 Å². The third-order valence-corrected chi connectivity index (χ3v) is 5.24. The summed E-state index contributed by atoms with van der Waals surface area (Å²) in [6.45, 7) is 3.23. The van der Waals surface area contributed by atoms with Crippen LogP contribution < -0.4 is 10.3 Å². The van der Waals surface area contributed by atoms with Crippen LogP contribution in [0, 0.1) is 6.92 Å². The Morgan fingerprint density at radius 3 is 2.61 bits per heavy atom. The molecule has 5 nitrogen and oxygen atoms in total. The Hall–Kier alpha value is -3.70. The molecule has 0 bridgehead atoms. The van der Waals surface area contributed by atoms with Crippen molar-refractivity contribution in [3.8, 4) is 11.4 Å². The van der Waals surface area contributed by atoms with Gasteiger partial charge in [-0.15, -0.1) is 0 Å². The van der Waals surface area contributed by atoms with E-state index in [0.717, 1.165) is 11.1 Å². The first kappa shape index (κ1) is 20.6. The molecule has 0 atom stereocenters. The van der Waals surface area contributed by atoms with Crippen molar-refractivity contribution in [2.75, 3.05) is 0 Å². The Kier molecular flexibility index (Phi) is 5.69. The topological polar surface area (TPSA) is 61.2 Å². The molecule has 0 aliphatic heterocycles. The lowest BCUT2D eigenvalue weighted by atomic mass is 10.1. The van der Waals surface area contributed by atoms with Crippen molar-refractivity contribution in [3.05, 3.63) is 99.1 Å². The minimum atomic E-state index is -0.386. The van der Waals surface area contributed by atoms with Crippen LogP contribution in [0.5, 0.6) is 5.75 Å². The molecule has 0 aliphatic carbocycles. The van der Waals surface area contributed by atoms with Crippen LogP contribution in [0.25, 0.3) is 28.7 Å². The van der Waals surface area contributed by atoms with E-state index >= 15 is 0 Å². The second-order valence-corrected chi connectivity index (χ2v) is 7.42. The van der Waals surface area contributed by atoms with E-state index in [2.05, 4.69) is 0 Å². The maximum absolute atomic E-state index is 13.4. The van der Waals surface area contributed by atoms with Crippen LogP contribution in [0.3, 0.4) is 0 Å². The van der Waals surface area contributed by atoms with Crippen molar-refractivity contribution in [2.45, 2.75) is 13.8 Å².